The molecular weight excluding hydrogens is 533 g/mol. The predicted molar refractivity (Wildman–Crippen MR) is 132 cm³/mol. The average Bonchev–Trinajstić information content (AvgIpc) is 3.85. The van der Waals surface area contributed by atoms with Crippen LogP contribution in [0.25, 0.3) is 4.85 Å². The molecule has 5 rings (SSSR count). The molecule has 1 aromatic heterocycles. The Labute approximate surface area is 228 Å². The summed E-state index contributed by atoms with van der Waals surface area (Å²) < 4.78 is 45.0. The fourth-order valence-electron chi connectivity index (χ4n) is 5.32. The number of ether oxygens (including phenoxy) is 1. The third-order valence-corrected chi connectivity index (χ3v) is 7.96. The van der Waals surface area contributed by atoms with E-state index in [-0.39, 0.29) is 37.6 Å². The van der Waals surface area contributed by atoms with Crippen molar-refractivity contribution < 1.29 is 37.1 Å². The standard InChI is InChI=1S/C26H29F3N6O5/c1-30-20-11-25(23(38)32-16-7-8-31-12-19(16)40-25)13-35(20)22(37)18(10-15-5-6-15)34(2)21(36)17(9-14-3-4-14)33-24(39)26(27,28)29/h7-8,12,14-15,17-18,20H,3-6,9-11,13H2,2H3,(H,32,38)(H,33,39)/t17-,18-,20-,25+/m0/s1. The zero-order valence-corrected chi connectivity index (χ0v) is 21.7. The van der Waals surface area contributed by atoms with E-state index in [4.69, 9.17) is 11.3 Å². The van der Waals surface area contributed by atoms with Crippen molar-refractivity contribution in [3.8, 4) is 5.75 Å². The van der Waals surface area contributed by atoms with E-state index in [2.05, 4.69) is 15.1 Å². The van der Waals surface area contributed by atoms with Crippen LogP contribution in [0.1, 0.15) is 44.9 Å². The van der Waals surface area contributed by atoms with Crippen LogP contribution in [0, 0.1) is 18.4 Å². The summed E-state index contributed by atoms with van der Waals surface area (Å²) in [5, 5.41) is 4.55. The molecule has 14 heteroatoms. The van der Waals surface area contributed by atoms with Crippen molar-refractivity contribution in [1.82, 2.24) is 20.1 Å². The summed E-state index contributed by atoms with van der Waals surface area (Å²) in [5.41, 5.74) is -1.13. The van der Waals surface area contributed by atoms with Gasteiger partial charge >= 0.3 is 18.2 Å². The van der Waals surface area contributed by atoms with Crippen molar-refractivity contribution in [3.63, 3.8) is 0 Å². The van der Waals surface area contributed by atoms with E-state index in [0.717, 1.165) is 30.6 Å². The van der Waals surface area contributed by atoms with Crippen molar-refractivity contribution in [2.75, 3.05) is 18.9 Å². The number of carbonyl (C=O) groups excluding carboxylic acids is 4. The first-order valence-electron chi connectivity index (χ1n) is 13.2. The molecule has 3 fully saturated rings. The highest BCUT2D eigenvalue weighted by molar-refractivity contribution is 6.02. The molecule has 0 radical (unpaired) electrons. The molecule has 2 aliphatic carbocycles. The minimum absolute atomic E-state index is 0.0118. The Balaban J connectivity index is 1.37. The van der Waals surface area contributed by atoms with E-state index in [1.165, 1.54) is 24.3 Å². The molecule has 4 atom stereocenters. The topological polar surface area (TPSA) is 125 Å². The van der Waals surface area contributed by atoms with Crippen LogP contribution in [0.3, 0.4) is 0 Å². The lowest BCUT2D eigenvalue weighted by Crippen LogP contribution is -2.58. The van der Waals surface area contributed by atoms with Crippen molar-refractivity contribution in [2.24, 2.45) is 11.8 Å². The average molecular weight is 563 g/mol. The van der Waals surface area contributed by atoms with Gasteiger partial charge in [0.2, 0.25) is 11.5 Å². The van der Waals surface area contributed by atoms with Crippen molar-refractivity contribution >= 4 is 29.3 Å². The lowest BCUT2D eigenvalue weighted by Gasteiger charge is -2.35. The first-order chi connectivity index (χ1) is 18.9. The van der Waals surface area contributed by atoms with Gasteiger partial charge in [0.05, 0.1) is 24.8 Å². The second-order valence-corrected chi connectivity index (χ2v) is 11.0. The van der Waals surface area contributed by atoms with Crippen LogP contribution in [0.4, 0.5) is 18.9 Å². The van der Waals surface area contributed by atoms with Gasteiger partial charge in [-0.1, -0.05) is 25.7 Å². The Morgan fingerprint density at radius 1 is 1.27 bits per heavy atom. The maximum absolute atomic E-state index is 14.0. The lowest BCUT2D eigenvalue weighted by molar-refractivity contribution is -0.175. The Hall–Kier alpha value is -3.89. The highest BCUT2D eigenvalue weighted by Gasteiger charge is 2.59. The Morgan fingerprint density at radius 2 is 1.95 bits per heavy atom. The van der Waals surface area contributed by atoms with E-state index in [9.17, 15) is 32.3 Å². The first kappa shape index (κ1) is 27.7. The fraction of sp³-hybridized carbons (Fsp3) is 0.615. The predicted octanol–water partition coefficient (Wildman–Crippen LogP) is 2.10. The summed E-state index contributed by atoms with van der Waals surface area (Å²) >= 11 is 0. The van der Waals surface area contributed by atoms with Gasteiger partial charge in [0.1, 0.15) is 12.1 Å². The van der Waals surface area contributed by atoms with Crippen molar-refractivity contribution in [2.45, 2.75) is 75.0 Å². The van der Waals surface area contributed by atoms with Crippen LogP contribution in [-0.2, 0) is 19.2 Å². The second-order valence-electron chi connectivity index (χ2n) is 11.0. The van der Waals surface area contributed by atoms with Crippen LogP contribution < -0.4 is 15.4 Å². The molecule has 40 heavy (non-hydrogen) atoms. The highest BCUT2D eigenvalue weighted by Crippen LogP contribution is 2.42. The van der Waals surface area contributed by atoms with Crippen LogP contribution in [0.2, 0.25) is 0 Å². The molecule has 3 heterocycles. The number of likely N-dealkylation sites (tertiary alicyclic amines) is 1. The Bertz CT molecular complexity index is 1260. The molecule has 0 aromatic carbocycles. The number of anilines is 1. The Kier molecular flexibility index (Phi) is 7.09. The number of hydrogen-bond acceptors (Lipinski definition) is 6. The van der Waals surface area contributed by atoms with E-state index >= 15 is 0 Å². The van der Waals surface area contributed by atoms with Crippen LogP contribution >= 0.6 is 0 Å². The largest absolute Gasteiger partial charge is 0.471 e. The molecule has 2 saturated carbocycles. The number of likely N-dealkylation sites (N-methyl/N-ethyl adjacent to an activating group) is 1. The van der Waals surface area contributed by atoms with Gasteiger partial charge in [0.15, 0.2) is 5.75 Å². The molecule has 1 saturated heterocycles. The zero-order valence-electron chi connectivity index (χ0n) is 21.7. The normalized spacial score (nSPS) is 25.2. The van der Waals surface area contributed by atoms with Gasteiger partial charge in [-0.05, 0) is 30.7 Å². The number of pyridine rings is 1. The van der Waals surface area contributed by atoms with Crippen LogP contribution in [0.15, 0.2) is 18.5 Å². The van der Waals surface area contributed by atoms with E-state index < -0.39 is 53.7 Å². The van der Waals surface area contributed by atoms with E-state index in [1.807, 2.05) is 5.32 Å². The van der Waals surface area contributed by atoms with Gasteiger partial charge in [0.25, 0.3) is 11.8 Å². The molecule has 0 unspecified atom stereocenters. The van der Waals surface area contributed by atoms with Gasteiger partial charge in [-0.2, -0.15) is 13.2 Å². The summed E-state index contributed by atoms with van der Waals surface area (Å²) in [6, 6.07) is -0.977. The maximum Gasteiger partial charge on any atom is 0.471 e. The molecule has 4 amide bonds. The van der Waals surface area contributed by atoms with Crippen molar-refractivity contribution in [3.05, 3.63) is 29.9 Å². The maximum atomic E-state index is 14.0. The molecule has 214 valence electrons. The number of alkyl halides is 3. The number of carbonyl (C=O) groups is 4. The number of hydrogen-bond donors (Lipinski definition) is 2. The smallest absolute Gasteiger partial charge is 0.471 e. The van der Waals surface area contributed by atoms with Crippen LogP contribution in [-0.4, -0.2) is 82.0 Å². The van der Waals surface area contributed by atoms with Gasteiger partial charge in [0, 0.05) is 13.2 Å². The number of nitrogens with zero attached hydrogens (tertiary/aromatic N) is 4. The number of aromatic nitrogens is 1. The quantitative estimate of drug-likeness (QED) is 0.468. The molecule has 4 aliphatic rings. The Morgan fingerprint density at radius 3 is 2.58 bits per heavy atom. The van der Waals surface area contributed by atoms with Crippen molar-refractivity contribution in [1.29, 1.82) is 0 Å². The van der Waals surface area contributed by atoms with Crippen LogP contribution in [0.5, 0.6) is 5.75 Å². The number of halogens is 3. The number of amides is 4. The molecule has 1 aromatic rings. The molecule has 2 N–H and O–H groups in total. The molecule has 0 bridgehead atoms. The number of rotatable bonds is 8. The first-order valence-corrected chi connectivity index (χ1v) is 13.2. The number of fused-ring (bicyclic) bond motifs is 1. The minimum Gasteiger partial charge on any atom is -0.471 e. The molecule has 2 aliphatic heterocycles. The lowest BCUT2D eigenvalue weighted by atomic mass is 9.99. The summed E-state index contributed by atoms with van der Waals surface area (Å²) in [6.45, 7) is 7.46. The molecule has 1 spiro atoms. The van der Waals surface area contributed by atoms with Gasteiger partial charge in [-0.25, -0.2) is 6.57 Å². The summed E-state index contributed by atoms with van der Waals surface area (Å²) in [4.78, 5) is 62.1. The van der Waals surface area contributed by atoms with Gasteiger partial charge in [-0.3, -0.25) is 33.9 Å². The monoisotopic (exact) mass is 562 g/mol. The second kappa shape index (κ2) is 10.3. The zero-order chi connectivity index (χ0) is 28.8. The number of nitrogens with one attached hydrogen (secondary N) is 2. The third-order valence-electron chi connectivity index (χ3n) is 7.96. The molecule has 11 nitrogen and oxygen atoms in total. The van der Waals surface area contributed by atoms with Gasteiger partial charge in [-0.15, -0.1) is 0 Å². The summed E-state index contributed by atoms with van der Waals surface area (Å²) in [6.07, 6.45) is -0.0108. The van der Waals surface area contributed by atoms with E-state index in [0.29, 0.717) is 11.4 Å². The SMILES string of the molecule is [C-]#[N+][C@@H]1C[C@]2(CN1C(=O)[C@H](CC1CC1)N(C)C(=O)[C@H](CC1CC1)NC(=O)C(F)(F)F)Oc1cnccc1NC2=O. The summed E-state index contributed by atoms with van der Waals surface area (Å²) in [5.74, 6) is -3.69. The summed E-state index contributed by atoms with van der Waals surface area (Å²) in [7, 11) is 1.33. The third kappa shape index (κ3) is 5.55. The minimum atomic E-state index is -5.16. The molecular formula is C26H29F3N6O5. The highest BCUT2D eigenvalue weighted by atomic mass is 19.4. The fourth-order valence-corrected chi connectivity index (χ4v) is 5.32. The van der Waals surface area contributed by atoms with Gasteiger partial charge < -0.3 is 20.3 Å². The van der Waals surface area contributed by atoms with E-state index in [1.54, 1.807) is 6.07 Å².